The predicted octanol–water partition coefficient (Wildman–Crippen LogP) is 3.70. The highest BCUT2D eigenvalue weighted by Crippen LogP contribution is 2.25. The summed E-state index contributed by atoms with van der Waals surface area (Å²) in [6.07, 6.45) is 0. The number of para-hydroxylation sites is 1. The van der Waals surface area contributed by atoms with Crippen molar-refractivity contribution in [3.05, 3.63) is 59.9 Å². The van der Waals surface area contributed by atoms with Crippen LogP contribution in [0.3, 0.4) is 0 Å². The molecule has 1 nitrogen and oxygen atoms in total. The molecule has 0 aliphatic heterocycles. The highest BCUT2D eigenvalue weighted by Gasteiger charge is 1.99. The smallest absolute Gasteiger partial charge is 0.123 e. The molecule has 0 radical (unpaired) electrons. The van der Waals surface area contributed by atoms with Gasteiger partial charge in [0.25, 0.3) is 0 Å². The van der Waals surface area contributed by atoms with Crippen LogP contribution in [0.4, 0.5) is 10.1 Å². The normalized spacial score (nSPS) is 10.3. The summed E-state index contributed by atoms with van der Waals surface area (Å²) in [5, 5.41) is 0. The quantitative estimate of drug-likeness (QED) is 0.646. The van der Waals surface area contributed by atoms with E-state index in [0.29, 0.717) is 0 Å². The molecule has 3 heteroatoms. The van der Waals surface area contributed by atoms with E-state index in [0.717, 1.165) is 21.9 Å². The average molecular weight is 233 g/mol. The molecule has 0 bridgehead atoms. The lowest BCUT2D eigenvalue weighted by molar-refractivity contribution is 0.626. The molecule has 0 saturated carbocycles. The van der Waals surface area contributed by atoms with E-state index in [1.165, 1.54) is 12.1 Å². The lowest BCUT2D eigenvalue weighted by atomic mass is 10.2. The lowest BCUT2D eigenvalue weighted by Crippen LogP contribution is -1.91. The standard InChI is InChI=1S/C13H12FNS/c14-11-5-7-12(8-6-11)16-9-10-3-1-2-4-13(10)15/h1-8H,9,15H2. The van der Waals surface area contributed by atoms with Crippen molar-refractivity contribution in [3.63, 3.8) is 0 Å². The Labute approximate surface area is 98.5 Å². The van der Waals surface area contributed by atoms with Crippen LogP contribution >= 0.6 is 11.8 Å². The van der Waals surface area contributed by atoms with E-state index < -0.39 is 0 Å². The van der Waals surface area contributed by atoms with E-state index in [2.05, 4.69) is 0 Å². The van der Waals surface area contributed by atoms with E-state index in [1.54, 1.807) is 23.9 Å². The number of thioether (sulfide) groups is 1. The van der Waals surface area contributed by atoms with E-state index in [4.69, 9.17) is 5.73 Å². The first-order valence-electron chi connectivity index (χ1n) is 4.97. The molecule has 0 heterocycles. The highest BCUT2D eigenvalue weighted by atomic mass is 32.2. The van der Waals surface area contributed by atoms with E-state index >= 15 is 0 Å². The first-order chi connectivity index (χ1) is 7.75. The summed E-state index contributed by atoms with van der Waals surface area (Å²) in [6.45, 7) is 0. The van der Waals surface area contributed by atoms with E-state index in [1.807, 2.05) is 24.3 Å². The fourth-order valence-corrected chi connectivity index (χ4v) is 2.27. The molecule has 0 aliphatic carbocycles. The van der Waals surface area contributed by atoms with Crippen molar-refractivity contribution in [2.45, 2.75) is 10.6 Å². The zero-order valence-corrected chi connectivity index (χ0v) is 9.51. The Balaban J connectivity index is 2.02. The maximum atomic E-state index is 12.7. The Morgan fingerprint density at radius 2 is 1.69 bits per heavy atom. The van der Waals surface area contributed by atoms with Crippen molar-refractivity contribution in [1.29, 1.82) is 0 Å². The average Bonchev–Trinajstić information content (AvgIpc) is 2.30. The molecule has 0 saturated heterocycles. The topological polar surface area (TPSA) is 26.0 Å². The number of nitrogens with two attached hydrogens (primary N) is 1. The van der Waals surface area contributed by atoms with Gasteiger partial charge in [-0.3, -0.25) is 0 Å². The Morgan fingerprint density at radius 1 is 1.00 bits per heavy atom. The molecule has 2 aromatic carbocycles. The molecule has 0 aromatic heterocycles. The molecular weight excluding hydrogens is 221 g/mol. The highest BCUT2D eigenvalue weighted by molar-refractivity contribution is 7.98. The Kier molecular flexibility index (Phi) is 3.47. The lowest BCUT2D eigenvalue weighted by Gasteiger charge is -2.04. The molecule has 2 aromatic rings. The minimum Gasteiger partial charge on any atom is -0.398 e. The minimum absolute atomic E-state index is 0.205. The van der Waals surface area contributed by atoms with E-state index in [-0.39, 0.29) is 5.82 Å². The predicted molar refractivity (Wildman–Crippen MR) is 66.8 cm³/mol. The van der Waals surface area contributed by atoms with Gasteiger partial charge in [0, 0.05) is 16.3 Å². The van der Waals surface area contributed by atoms with Gasteiger partial charge >= 0.3 is 0 Å². The summed E-state index contributed by atoms with van der Waals surface area (Å²) >= 11 is 1.65. The van der Waals surface area contributed by atoms with E-state index in [9.17, 15) is 4.39 Å². The van der Waals surface area contributed by atoms with Crippen LogP contribution in [0.1, 0.15) is 5.56 Å². The number of benzene rings is 2. The van der Waals surface area contributed by atoms with Gasteiger partial charge in [0.15, 0.2) is 0 Å². The summed E-state index contributed by atoms with van der Waals surface area (Å²) in [5.74, 6) is 0.599. The van der Waals surface area contributed by atoms with Gasteiger partial charge in [0.05, 0.1) is 0 Å². The number of hydrogen-bond acceptors (Lipinski definition) is 2. The third-order valence-corrected chi connectivity index (χ3v) is 3.32. The van der Waals surface area contributed by atoms with Gasteiger partial charge in [0.2, 0.25) is 0 Å². The van der Waals surface area contributed by atoms with Gasteiger partial charge < -0.3 is 5.73 Å². The maximum Gasteiger partial charge on any atom is 0.123 e. The number of rotatable bonds is 3. The summed E-state index contributed by atoms with van der Waals surface area (Å²) in [7, 11) is 0. The fourth-order valence-electron chi connectivity index (χ4n) is 1.36. The molecule has 2 N–H and O–H groups in total. The van der Waals surface area contributed by atoms with Crippen LogP contribution in [0.2, 0.25) is 0 Å². The van der Waals surface area contributed by atoms with Crippen LogP contribution in [-0.2, 0) is 5.75 Å². The van der Waals surface area contributed by atoms with Gasteiger partial charge in [0.1, 0.15) is 5.82 Å². The van der Waals surface area contributed by atoms with Crippen molar-refractivity contribution >= 4 is 17.4 Å². The number of halogens is 1. The Hall–Kier alpha value is -1.48. The van der Waals surface area contributed by atoms with Crippen LogP contribution in [0, 0.1) is 5.82 Å². The summed E-state index contributed by atoms with van der Waals surface area (Å²) in [5.41, 5.74) is 7.75. The van der Waals surface area contributed by atoms with Crippen molar-refractivity contribution < 1.29 is 4.39 Å². The number of anilines is 1. The fraction of sp³-hybridized carbons (Fsp3) is 0.0769. The second-order valence-corrected chi connectivity index (χ2v) is 4.49. The Bertz CT molecular complexity index is 468. The van der Waals surface area contributed by atoms with Crippen LogP contribution in [-0.4, -0.2) is 0 Å². The largest absolute Gasteiger partial charge is 0.398 e. The minimum atomic E-state index is -0.205. The molecule has 0 aliphatic rings. The third kappa shape index (κ3) is 2.76. The molecule has 0 amide bonds. The Morgan fingerprint density at radius 3 is 2.38 bits per heavy atom. The third-order valence-electron chi connectivity index (χ3n) is 2.26. The van der Waals surface area contributed by atoms with Crippen molar-refractivity contribution in [3.8, 4) is 0 Å². The second kappa shape index (κ2) is 5.03. The molecule has 16 heavy (non-hydrogen) atoms. The van der Waals surface area contributed by atoms with Gasteiger partial charge in [-0.15, -0.1) is 11.8 Å². The van der Waals surface area contributed by atoms with Crippen molar-refractivity contribution in [2.24, 2.45) is 0 Å². The van der Waals surface area contributed by atoms with Gasteiger partial charge in [-0.2, -0.15) is 0 Å². The summed E-state index contributed by atoms with van der Waals surface area (Å²) in [4.78, 5) is 1.05. The SMILES string of the molecule is Nc1ccccc1CSc1ccc(F)cc1. The van der Waals surface area contributed by atoms with Crippen LogP contribution < -0.4 is 5.73 Å². The van der Waals surface area contributed by atoms with Crippen molar-refractivity contribution in [1.82, 2.24) is 0 Å². The first kappa shape index (κ1) is 11.0. The molecule has 0 fully saturated rings. The summed E-state index contributed by atoms with van der Waals surface area (Å²) in [6, 6.07) is 14.3. The van der Waals surface area contributed by atoms with Crippen molar-refractivity contribution in [2.75, 3.05) is 5.73 Å². The van der Waals surface area contributed by atoms with Crippen LogP contribution in [0.25, 0.3) is 0 Å². The van der Waals surface area contributed by atoms with Gasteiger partial charge in [-0.05, 0) is 35.9 Å². The second-order valence-electron chi connectivity index (χ2n) is 3.44. The molecule has 82 valence electrons. The molecule has 0 unspecified atom stereocenters. The molecule has 2 rings (SSSR count). The number of hydrogen-bond donors (Lipinski definition) is 1. The summed E-state index contributed by atoms with van der Waals surface area (Å²) < 4.78 is 12.7. The van der Waals surface area contributed by atoms with Crippen LogP contribution in [0.15, 0.2) is 53.4 Å². The first-order valence-corrected chi connectivity index (χ1v) is 5.96. The van der Waals surface area contributed by atoms with Crippen LogP contribution in [0.5, 0.6) is 0 Å². The molecular formula is C13H12FNS. The zero-order chi connectivity index (χ0) is 11.4. The number of nitrogen functional groups attached to an aromatic ring is 1. The van der Waals surface area contributed by atoms with Gasteiger partial charge in [-0.25, -0.2) is 4.39 Å². The molecule has 0 spiro atoms. The maximum absolute atomic E-state index is 12.7. The van der Waals surface area contributed by atoms with Gasteiger partial charge in [-0.1, -0.05) is 18.2 Å². The zero-order valence-electron chi connectivity index (χ0n) is 8.69. The molecule has 0 atom stereocenters. The monoisotopic (exact) mass is 233 g/mol.